The average molecular weight is 546 g/mol. The smallest absolute Gasteiger partial charge is 0.307 e. The average Bonchev–Trinajstić information content (AvgIpc) is 3.46. The maximum Gasteiger partial charge on any atom is 0.307 e. The number of benzene rings is 3. The largest absolute Gasteiger partial charge is 0.481 e. The molecule has 1 saturated heterocycles. The van der Waals surface area contributed by atoms with E-state index in [2.05, 4.69) is 35.0 Å². The molecule has 0 atom stereocenters. The molecule has 0 radical (unpaired) electrons. The zero-order valence-corrected chi connectivity index (χ0v) is 23.1. The summed E-state index contributed by atoms with van der Waals surface area (Å²) in [6.07, 6.45) is -0.0526. The van der Waals surface area contributed by atoms with Crippen LogP contribution < -0.4 is 4.90 Å². The lowest BCUT2D eigenvalue weighted by atomic mass is 9.93. The number of hydrogen-bond donors (Lipinski definition) is 1. The predicted molar refractivity (Wildman–Crippen MR) is 156 cm³/mol. The van der Waals surface area contributed by atoms with Crippen molar-refractivity contribution in [3.63, 3.8) is 0 Å². The number of halogens is 1. The van der Waals surface area contributed by atoms with Crippen LogP contribution in [0.1, 0.15) is 11.1 Å². The molecule has 0 unspecified atom stereocenters. The molecule has 194 valence electrons. The second-order valence-corrected chi connectivity index (χ2v) is 11.4. The number of aromatic nitrogens is 3. The molecule has 2 aromatic heterocycles. The van der Waals surface area contributed by atoms with E-state index >= 15 is 0 Å². The first-order chi connectivity index (χ1) is 18.3. The van der Waals surface area contributed by atoms with Gasteiger partial charge in [0, 0.05) is 54.8 Å². The minimum Gasteiger partial charge on any atom is -0.481 e. The molecule has 38 heavy (non-hydrogen) atoms. The van der Waals surface area contributed by atoms with Gasteiger partial charge in [0.1, 0.15) is 5.01 Å². The van der Waals surface area contributed by atoms with Crippen molar-refractivity contribution in [2.75, 3.05) is 38.1 Å². The lowest BCUT2D eigenvalue weighted by molar-refractivity contribution is -0.136. The van der Waals surface area contributed by atoms with Gasteiger partial charge < -0.3 is 14.9 Å². The van der Waals surface area contributed by atoms with E-state index in [1.165, 1.54) is 0 Å². The summed E-state index contributed by atoms with van der Waals surface area (Å²) >= 11 is 7.75. The van der Waals surface area contributed by atoms with Crippen LogP contribution in [-0.2, 0) is 18.3 Å². The van der Waals surface area contributed by atoms with Crippen LogP contribution in [0.15, 0.2) is 48.5 Å². The molecule has 7 nitrogen and oxygen atoms in total. The highest BCUT2D eigenvalue weighted by Crippen LogP contribution is 2.42. The third kappa shape index (κ3) is 4.42. The molecule has 3 heterocycles. The summed E-state index contributed by atoms with van der Waals surface area (Å²) in [5.41, 5.74) is 6.53. The third-order valence-electron chi connectivity index (χ3n) is 7.35. The van der Waals surface area contributed by atoms with Crippen molar-refractivity contribution in [2.45, 2.75) is 13.3 Å². The monoisotopic (exact) mass is 545 g/mol. The molecule has 5 aromatic rings. The Labute approximate surface area is 229 Å². The summed E-state index contributed by atoms with van der Waals surface area (Å²) in [7, 11) is 4.15. The number of carboxylic acids is 1. The van der Waals surface area contributed by atoms with Crippen LogP contribution in [0.2, 0.25) is 5.02 Å². The van der Waals surface area contributed by atoms with Crippen molar-refractivity contribution in [3.05, 3.63) is 64.7 Å². The Morgan fingerprint density at radius 2 is 1.74 bits per heavy atom. The van der Waals surface area contributed by atoms with Gasteiger partial charge in [0.15, 0.2) is 5.82 Å². The molecule has 9 heteroatoms. The summed E-state index contributed by atoms with van der Waals surface area (Å²) in [5, 5.41) is 17.2. The minimum absolute atomic E-state index is 0.0526. The van der Waals surface area contributed by atoms with E-state index in [1.807, 2.05) is 49.0 Å². The minimum atomic E-state index is -0.856. The van der Waals surface area contributed by atoms with Crippen LogP contribution >= 0.6 is 22.9 Å². The number of rotatable bonds is 5. The maximum absolute atomic E-state index is 11.8. The molecule has 1 aliphatic rings. The molecule has 1 fully saturated rings. The third-order valence-corrected chi connectivity index (χ3v) is 8.74. The van der Waals surface area contributed by atoms with Crippen LogP contribution in [0.5, 0.6) is 0 Å². The highest BCUT2D eigenvalue weighted by atomic mass is 35.5. The molecular weight excluding hydrogens is 518 g/mol. The van der Waals surface area contributed by atoms with Crippen molar-refractivity contribution in [1.82, 2.24) is 19.7 Å². The van der Waals surface area contributed by atoms with Crippen molar-refractivity contribution < 1.29 is 9.90 Å². The van der Waals surface area contributed by atoms with Crippen molar-refractivity contribution in [1.29, 1.82) is 0 Å². The summed E-state index contributed by atoms with van der Waals surface area (Å²) in [5.74, 6) is 0.177. The summed E-state index contributed by atoms with van der Waals surface area (Å²) < 4.78 is 2.93. The molecule has 3 aromatic carbocycles. The number of thiazole rings is 1. The molecule has 1 aliphatic heterocycles. The highest BCUT2D eigenvalue weighted by Gasteiger charge is 2.22. The van der Waals surface area contributed by atoms with Gasteiger partial charge in [-0.2, -0.15) is 5.10 Å². The van der Waals surface area contributed by atoms with E-state index in [-0.39, 0.29) is 6.42 Å². The van der Waals surface area contributed by atoms with E-state index in [0.717, 1.165) is 85.9 Å². The number of aliphatic carboxylic acids is 1. The number of anilines is 1. The second kappa shape index (κ2) is 9.69. The number of piperazine rings is 1. The fourth-order valence-electron chi connectivity index (χ4n) is 5.28. The molecular formula is C29H28ClN5O2S. The molecule has 1 N–H and O–H groups in total. The van der Waals surface area contributed by atoms with E-state index in [9.17, 15) is 9.90 Å². The normalized spacial score (nSPS) is 14.6. The van der Waals surface area contributed by atoms with Crippen LogP contribution in [0.25, 0.3) is 42.8 Å². The van der Waals surface area contributed by atoms with Gasteiger partial charge in [0.2, 0.25) is 0 Å². The quantitative estimate of drug-likeness (QED) is 0.298. The Hall–Kier alpha value is -3.46. The van der Waals surface area contributed by atoms with Gasteiger partial charge in [-0.1, -0.05) is 29.8 Å². The zero-order valence-electron chi connectivity index (χ0n) is 21.5. The second-order valence-electron chi connectivity index (χ2n) is 9.96. The Kier molecular flexibility index (Phi) is 6.34. The fraction of sp³-hybridized carbons (Fsp3) is 0.276. The molecule has 0 spiro atoms. The van der Waals surface area contributed by atoms with E-state index in [1.54, 1.807) is 11.3 Å². The molecule has 0 bridgehead atoms. The Balaban J connectivity index is 1.47. The van der Waals surface area contributed by atoms with Gasteiger partial charge in [-0.05, 0) is 61.0 Å². The summed E-state index contributed by atoms with van der Waals surface area (Å²) in [6, 6.07) is 16.0. The fourth-order valence-corrected chi connectivity index (χ4v) is 6.54. The summed E-state index contributed by atoms with van der Waals surface area (Å²) in [6.45, 7) is 5.95. The van der Waals surface area contributed by atoms with Crippen molar-refractivity contribution in [2.24, 2.45) is 7.05 Å². The number of carboxylic acid groups (broad SMARTS) is 1. The maximum atomic E-state index is 11.8. The lowest BCUT2D eigenvalue weighted by Gasteiger charge is -2.32. The van der Waals surface area contributed by atoms with Gasteiger partial charge in [0.25, 0.3) is 0 Å². The molecule has 0 amide bonds. The first kappa shape index (κ1) is 24.9. The van der Waals surface area contributed by atoms with E-state index < -0.39 is 5.97 Å². The van der Waals surface area contributed by atoms with Gasteiger partial charge in [-0.25, -0.2) is 4.98 Å². The highest BCUT2D eigenvalue weighted by molar-refractivity contribution is 7.22. The Morgan fingerprint density at radius 1 is 1.03 bits per heavy atom. The van der Waals surface area contributed by atoms with Crippen molar-refractivity contribution >= 4 is 55.8 Å². The first-order valence-electron chi connectivity index (χ1n) is 12.6. The number of carbonyl (C=O) groups is 1. The van der Waals surface area contributed by atoms with Crippen LogP contribution in [-0.4, -0.2) is 64.0 Å². The Bertz CT molecular complexity index is 1680. The topological polar surface area (TPSA) is 74.5 Å². The summed E-state index contributed by atoms with van der Waals surface area (Å²) in [4.78, 5) is 21.5. The van der Waals surface area contributed by atoms with Gasteiger partial charge in [-0.15, -0.1) is 11.3 Å². The van der Waals surface area contributed by atoms with Crippen molar-refractivity contribution in [3.8, 4) is 21.7 Å². The molecule has 0 saturated carbocycles. The number of hydrogen-bond acceptors (Lipinski definition) is 6. The van der Waals surface area contributed by atoms with Gasteiger partial charge in [0.05, 0.1) is 22.2 Å². The van der Waals surface area contributed by atoms with E-state index in [4.69, 9.17) is 21.7 Å². The number of nitrogens with zero attached hydrogens (tertiary/aromatic N) is 5. The SMILES string of the molecule is Cc1cc2nc(-c3ccc4c(N5CCN(C)CC5)nn(C)c4c3)sc2c(-c2ccc(Cl)cc2)c1CC(=O)O. The van der Waals surface area contributed by atoms with Crippen LogP contribution in [0.4, 0.5) is 5.82 Å². The standard InChI is InChI=1S/C29H28ClN5O2S/c1-17-14-23-27(26(22(17)16-25(36)37)18-4-7-20(30)8-5-18)38-29(31-23)19-6-9-21-24(15-19)34(3)32-28(21)35-12-10-33(2)11-13-35/h4-9,14-15H,10-13,16H2,1-3H3,(H,36,37). The van der Waals surface area contributed by atoms with Crippen LogP contribution in [0, 0.1) is 6.92 Å². The Morgan fingerprint density at radius 3 is 2.45 bits per heavy atom. The van der Waals surface area contributed by atoms with Crippen LogP contribution in [0.3, 0.4) is 0 Å². The lowest BCUT2D eigenvalue weighted by Crippen LogP contribution is -2.44. The molecule has 0 aliphatic carbocycles. The molecule has 6 rings (SSSR count). The first-order valence-corrected chi connectivity index (χ1v) is 13.8. The van der Waals surface area contributed by atoms with Gasteiger partial charge >= 0.3 is 5.97 Å². The zero-order chi connectivity index (χ0) is 26.6. The number of likely N-dealkylation sites (N-methyl/N-ethyl adjacent to an activating group) is 1. The number of fused-ring (bicyclic) bond motifs is 2. The predicted octanol–water partition coefficient (Wildman–Crippen LogP) is 5.86. The number of aryl methyl sites for hydroxylation is 2. The van der Waals surface area contributed by atoms with E-state index in [0.29, 0.717) is 5.02 Å². The van der Waals surface area contributed by atoms with Gasteiger partial charge in [-0.3, -0.25) is 9.48 Å².